The van der Waals surface area contributed by atoms with Crippen molar-refractivity contribution in [3.63, 3.8) is 0 Å². The number of carbonyl (C=O) groups is 1. The third-order valence-corrected chi connectivity index (χ3v) is 6.97. The zero-order valence-electron chi connectivity index (χ0n) is 18.5. The van der Waals surface area contributed by atoms with Crippen LogP contribution in [0.15, 0.2) is 40.5 Å². The van der Waals surface area contributed by atoms with Crippen LogP contribution in [0.25, 0.3) is 21.9 Å². The minimum Gasteiger partial charge on any atom is -0.342 e. The van der Waals surface area contributed by atoms with Crippen molar-refractivity contribution < 1.29 is 4.79 Å². The zero-order chi connectivity index (χ0) is 22.4. The van der Waals surface area contributed by atoms with E-state index in [1.807, 2.05) is 66.1 Å². The summed E-state index contributed by atoms with van der Waals surface area (Å²) in [5.74, 6) is 0.0656. The number of benzene rings is 1. The number of amides is 1. The molecule has 0 N–H and O–H groups in total. The fourth-order valence-electron chi connectivity index (χ4n) is 4.40. The highest BCUT2D eigenvalue weighted by atomic mass is 32.1. The second kappa shape index (κ2) is 8.02. The molecule has 0 atom stereocenters. The number of nitrogens with zero attached hydrogens (tertiary/aromatic N) is 5. The molecular formula is C24H25N5O2S. The number of likely N-dealkylation sites (tertiary alicyclic amines) is 1. The van der Waals surface area contributed by atoms with Crippen LogP contribution in [-0.4, -0.2) is 43.1 Å². The van der Waals surface area contributed by atoms with Gasteiger partial charge in [0.2, 0.25) is 5.91 Å². The van der Waals surface area contributed by atoms with Crippen LogP contribution in [0.3, 0.4) is 0 Å². The fourth-order valence-corrected chi connectivity index (χ4v) is 5.32. The summed E-state index contributed by atoms with van der Waals surface area (Å²) in [5, 5.41) is 6.64. The summed E-state index contributed by atoms with van der Waals surface area (Å²) in [6.07, 6.45) is 2.30. The summed E-state index contributed by atoms with van der Waals surface area (Å²) in [6, 6.07) is 9.95. The summed E-state index contributed by atoms with van der Waals surface area (Å²) in [7, 11) is 0. The van der Waals surface area contributed by atoms with E-state index in [4.69, 9.17) is 5.10 Å². The van der Waals surface area contributed by atoms with Crippen LogP contribution in [0.5, 0.6) is 0 Å². The van der Waals surface area contributed by atoms with Crippen LogP contribution in [0, 0.1) is 20.8 Å². The van der Waals surface area contributed by atoms with Crippen molar-refractivity contribution in [3.8, 4) is 16.9 Å². The van der Waals surface area contributed by atoms with E-state index in [9.17, 15) is 9.59 Å². The monoisotopic (exact) mass is 447 g/mol. The van der Waals surface area contributed by atoms with E-state index < -0.39 is 0 Å². The Morgan fingerprint density at radius 2 is 1.88 bits per heavy atom. The second-order valence-corrected chi connectivity index (χ2v) is 9.19. The predicted molar refractivity (Wildman–Crippen MR) is 126 cm³/mol. The zero-order valence-corrected chi connectivity index (χ0v) is 19.3. The van der Waals surface area contributed by atoms with Crippen LogP contribution in [0.4, 0.5) is 0 Å². The number of thiazole rings is 1. The van der Waals surface area contributed by atoms with Crippen LogP contribution in [-0.2, 0) is 11.2 Å². The molecule has 164 valence electrons. The van der Waals surface area contributed by atoms with Gasteiger partial charge >= 0.3 is 0 Å². The first-order valence-electron chi connectivity index (χ1n) is 10.8. The van der Waals surface area contributed by atoms with Crippen LogP contribution in [0.1, 0.15) is 35.5 Å². The second-order valence-electron chi connectivity index (χ2n) is 8.36. The van der Waals surface area contributed by atoms with E-state index in [0.717, 1.165) is 42.9 Å². The molecule has 0 unspecified atom stereocenters. The maximum absolute atomic E-state index is 13.6. The molecular weight excluding hydrogens is 422 g/mol. The minimum absolute atomic E-state index is 0.0656. The molecule has 1 aromatic carbocycles. The number of rotatable bonds is 4. The molecule has 1 aliphatic rings. The summed E-state index contributed by atoms with van der Waals surface area (Å²) in [5.41, 5.74) is 5.26. The van der Waals surface area contributed by atoms with Crippen LogP contribution in [0.2, 0.25) is 0 Å². The van der Waals surface area contributed by atoms with Gasteiger partial charge in [-0.1, -0.05) is 18.2 Å². The average Bonchev–Trinajstić information content (AvgIpc) is 3.49. The molecule has 0 bridgehead atoms. The fraction of sp³-hybridized carbons (Fsp3) is 0.333. The highest BCUT2D eigenvalue weighted by Gasteiger charge is 2.23. The Labute approximate surface area is 190 Å². The number of carbonyl (C=O) groups excluding carboxylic acids is 1. The number of aryl methyl sites for hydroxylation is 3. The average molecular weight is 448 g/mol. The highest BCUT2D eigenvalue weighted by molar-refractivity contribution is 7.15. The Bertz CT molecular complexity index is 1390. The van der Waals surface area contributed by atoms with Gasteiger partial charge in [-0.25, -0.2) is 9.67 Å². The van der Waals surface area contributed by atoms with Crippen LogP contribution >= 0.6 is 11.3 Å². The quantitative estimate of drug-likeness (QED) is 0.478. The summed E-state index contributed by atoms with van der Waals surface area (Å²) in [4.78, 5) is 33.5. The van der Waals surface area contributed by atoms with E-state index in [2.05, 4.69) is 4.98 Å². The number of aromatic nitrogens is 4. The largest absolute Gasteiger partial charge is 0.342 e. The molecule has 4 aromatic rings. The van der Waals surface area contributed by atoms with E-state index in [-0.39, 0.29) is 17.9 Å². The van der Waals surface area contributed by atoms with Crippen molar-refractivity contribution in [2.75, 3.05) is 13.1 Å². The van der Waals surface area contributed by atoms with Gasteiger partial charge in [-0.05, 0) is 51.3 Å². The lowest BCUT2D eigenvalue weighted by molar-refractivity contribution is -0.129. The molecule has 8 heteroatoms. The Morgan fingerprint density at radius 1 is 1.12 bits per heavy atom. The van der Waals surface area contributed by atoms with Crippen molar-refractivity contribution in [2.24, 2.45) is 0 Å². The maximum Gasteiger partial charge on any atom is 0.268 e. The van der Waals surface area contributed by atoms with E-state index in [0.29, 0.717) is 27.6 Å². The van der Waals surface area contributed by atoms with Crippen molar-refractivity contribution >= 4 is 22.2 Å². The number of fused-ring (bicyclic) bond motifs is 1. The molecule has 0 saturated carbocycles. The highest BCUT2D eigenvalue weighted by Crippen LogP contribution is 2.24. The number of hydrogen-bond acceptors (Lipinski definition) is 5. The summed E-state index contributed by atoms with van der Waals surface area (Å²) >= 11 is 1.39. The van der Waals surface area contributed by atoms with Crippen LogP contribution < -0.4 is 5.56 Å². The van der Waals surface area contributed by atoms with Gasteiger partial charge in [0.15, 0.2) is 4.96 Å². The third kappa shape index (κ3) is 3.44. The van der Waals surface area contributed by atoms with Gasteiger partial charge in [0, 0.05) is 29.9 Å². The van der Waals surface area contributed by atoms with E-state index in [1.54, 1.807) is 4.40 Å². The normalized spacial score (nSPS) is 13.9. The molecule has 7 nitrogen and oxygen atoms in total. The summed E-state index contributed by atoms with van der Waals surface area (Å²) < 4.78 is 3.45. The Balaban J connectivity index is 1.59. The van der Waals surface area contributed by atoms with Gasteiger partial charge in [-0.2, -0.15) is 5.10 Å². The van der Waals surface area contributed by atoms with Gasteiger partial charge in [0.05, 0.1) is 23.4 Å². The van der Waals surface area contributed by atoms with Crippen molar-refractivity contribution in [1.29, 1.82) is 0 Å². The van der Waals surface area contributed by atoms with Crippen molar-refractivity contribution in [3.05, 3.63) is 68.7 Å². The molecule has 1 aliphatic heterocycles. The Hall–Kier alpha value is -3.26. The first-order chi connectivity index (χ1) is 15.4. The molecule has 1 saturated heterocycles. The first kappa shape index (κ1) is 20.6. The lowest BCUT2D eigenvalue weighted by Gasteiger charge is -2.14. The minimum atomic E-state index is -0.174. The molecule has 3 aromatic heterocycles. The molecule has 5 rings (SSSR count). The van der Waals surface area contributed by atoms with E-state index in [1.165, 1.54) is 11.3 Å². The van der Waals surface area contributed by atoms with Crippen molar-refractivity contribution in [2.45, 2.75) is 40.0 Å². The van der Waals surface area contributed by atoms with Gasteiger partial charge in [-0.3, -0.25) is 14.0 Å². The third-order valence-electron chi connectivity index (χ3n) is 6.10. The SMILES string of the molecule is Cc1ccccc1-n1nc(-c2c(C)nc3scc(CC(=O)N4CCCC4)n3c2=O)cc1C. The lowest BCUT2D eigenvalue weighted by atomic mass is 10.1. The smallest absolute Gasteiger partial charge is 0.268 e. The lowest BCUT2D eigenvalue weighted by Crippen LogP contribution is -2.30. The standard InChI is InChI=1S/C24H25N5O2S/c1-15-8-4-5-9-20(15)29-16(2)12-19(26-29)22-17(3)25-24-28(23(22)31)18(14-32-24)13-21(30)27-10-6-7-11-27/h4-5,8-9,12,14H,6-7,10-11,13H2,1-3H3. The van der Waals surface area contributed by atoms with Gasteiger partial charge < -0.3 is 4.90 Å². The van der Waals surface area contributed by atoms with Gasteiger partial charge in [0.25, 0.3) is 5.56 Å². The molecule has 1 amide bonds. The van der Waals surface area contributed by atoms with Crippen molar-refractivity contribution in [1.82, 2.24) is 24.1 Å². The number of hydrogen-bond donors (Lipinski definition) is 0. The Kier molecular flexibility index (Phi) is 5.17. The maximum atomic E-state index is 13.6. The topological polar surface area (TPSA) is 72.5 Å². The van der Waals surface area contributed by atoms with Gasteiger partial charge in [0.1, 0.15) is 5.69 Å². The predicted octanol–water partition coefficient (Wildman–Crippen LogP) is 3.70. The molecule has 32 heavy (non-hydrogen) atoms. The van der Waals surface area contributed by atoms with Gasteiger partial charge in [-0.15, -0.1) is 11.3 Å². The Morgan fingerprint density at radius 3 is 2.62 bits per heavy atom. The molecule has 0 aliphatic carbocycles. The van der Waals surface area contributed by atoms with E-state index >= 15 is 0 Å². The summed E-state index contributed by atoms with van der Waals surface area (Å²) in [6.45, 7) is 7.46. The number of para-hydroxylation sites is 1. The molecule has 0 spiro atoms. The molecule has 0 radical (unpaired) electrons. The molecule has 1 fully saturated rings. The molecule has 4 heterocycles. The first-order valence-corrected chi connectivity index (χ1v) is 11.7.